The van der Waals surface area contributed by atoms with Gasteiger partial charge in [-0.1, -0.05) is 19.1 Å². The van der Waals surface area contributed by atoms with Gasteiger partial charge in [0.1, 0.15) is 11.5 Å². The molecule has 17 heteroatoms. The van der Waals surface area contributed by atoms with Crippen LogP contribution in [0.3, 0.4) is 0 Å². The molecule has 3 atom stereocenters. The molecule has 6 aliphatic rings. The Morgan fingerprint density at radius 3 is 1.75 bits per heavy atom. The molecule has 2 aromatic heterocycles. The van der Waals surface area contributed by atoms with E-state index in [0.717, 1.165) is 103 Å². The Morgan fingerprint density at radius 1 is 0.672 bits per heavy atom. The third-order valence-corrected chi connectivity index (χ3v) is 18.2. The van der Waals surface area contributed by atoms with Crippen molar-refractivity contribution >= 4 is 49.5 Å². The summed E-state index contributed by atoms with van der Waals surface area (Å²) in [5.74, 6) is 0.541. The van der Waals surface area contributed by atoms with E-state index in [9.17, 15) is 36.3 Å². The summed E-state index contributed by atoms with van der Waals surface area (Å²) < 4.78 is 76.8. The van der Waals surface area contributed by atoms with Crippen LogP contribution in [0, 0.1) is 13.8 Å². The SMILES string of the molecule is Cc1c(S(=O)(=O)NC(=O)Nc2c3c(cc4c2CCC4CCOC(=O)CC2(C)CCCc4oc(S(=O)(=O)NC(=O)Nc5c6c(cc7c5CCC7)CCC6)c(C)c42)CCC3)oc2c1C(C)(O)CCC2. The minimum absolute atomic E-state index is 0.0122. The summed E-state index contributed by atoms with van der Waals surface area (Å²) in [6.07, 6.45) is 13.4. The number of benzene rings is 2. The first-order valence-electron chi connectivity index (χ1n) is 24.0. The Hall–Kier alpha value is -5.13. The predicted molar refractivity (Wildman–Crippen MR) is 249 cm³/mol. The number of nitrogens with one attached hydrogen (secondary N) is 4. The molecule has 15 nitrogen and oxygen atoms in total. The van der Waals surface area contributed by atoms with Gasteiger partial charge in [0.15, 0.2) is 0 Å². The Balaban J connectivity index is 0.785. The van der Waals surface area contributed by atoms with Gasteiger partial charge < -0.3 is 29.3 Å². The Labute approximate surface area is 391 Å². The van der Waals surface area contributed by atoms with Crippen molar-refractivity contribution in [3.63, 3.8) is 0 Å². The third-order valence-electron chi connectivity index (χ3n) is 15.6. The Morgan fingerprint density at radius 2 is 1.18 bits per heavy atom. The zero-order valence-corrected chi connectivity index (χ0v) is 40.4. The number of esters is 1. The Bertz CT molecular complexity index is 2950. The molecular formula is C50H60N4O11S2. The topological polar surface area (TPSA) is 223 Å². The minimum Gasteiger partial charge on any atom is -0.466 e. The molecule has 10 rings (SSSR count). The van der Waals surface area contributed by atoms with Crippen LogP contribution >= 0.6 is 0 Å². The van der Waals surface area contributed by atoms with Crippen LogP contribution in [0.4, 0.5) is 21.0 Å². The van der Waals surface area contributed by atoms with E-state index in [1.54, 1.807) is 20.8 Å². The number of sulfonamides is 2. The number of furan rings is 2. The van der Waals surface area contributed by atoms with Gasteiger partial charge in [0.05, 0.1) is 18.6 Å². The van der Waals surface area contributed by atoms with E-state index in [1.807, 2.05) is 6.92 Å². The van der Waals surface area contributed by atoms with Gasteiger partial charge >= 0.3 is 18.0 Å². The highest BCUT2D eigenvalue weighted by Gasteiger charge is 2.43. The van der Waals surface area contributed by atoms with Gasteiger partial charge in [-0.2, -0.15) is 16.8 Å². The second kappa shape index (κ2) is 16.8. The molecule has 4 amide bonds. The highest BCUT2D eigenvalue weighted by molar-refractivity contribution is 7.90. The number of anilines is 2. The fourth-order valence-corrected chi connectivity index (χ4v) is 15.0. The standard InChI is InChI=1S/C50H60N4O11S2/c1-27-41-38(64-45(27)66(59,60)53-47(56)51-43-33-13-5-10-30(33)24-31-11-6-14-34(31)43)16-8-21-49(41,3)26-40(55)63-23-20-29-18-19-36-37(29)25-32-12-7-15-35(32)44(36)52-48(57)54-67(61,62)46-28(2)42-39(65-46)17-9-22-50(42,4)58/h24-25,29,58H,5-23,26H2,1-4H3,(H2,51,53,56)(H2,52,54,57). The fourth-order valence-electron chi connectivity index (χ4n) is 12.8. The predicted octanol–water partition coefficient (Wildman–Crippen LogP) is 8.17. The van der Waals surface area contributed by atoms with Gasteiger partial charge in [0.25, 0.3) is 20.0 Å². The lowest BCUT2D eigenvalue weighted by Crippen LogP contribution is -2.35. The number of carbonyl (C=O) groups is 3. The average Bonchev–Trinajstić information content (AvgIpc) is 4.11. The number of rotatable bonds is 11. The summed E-state index contributed by atoms with van der Waals surface area (Å²) in [5, 5.41) is 16.1. The maximum Gasteiger partial charge on any atom is 0.333 e. The summed E-state index contributed by atoms with van der Waals surface area (Å²) in [6, 6.07) is 2.71. The first-order valence-corrected chi connectivity index (χ1v) is 27.0. The van der Waals surface area contributed by atoms with Crippen molar-refractivity contribution in [1.29, 1.82) is 0 Å². The lowest BCUT2D eigenvalue weighted by molar-refractivity contribution is -0.145. The van der Waals surface area contributed by atoms with Gasteiger partial charge in [-0.25, -0.2) is 19.0 Å². The van der Waals surface area contributed by atoms with Crippen LogP contribution in [0.25, 0.3) is 0 Å². The van der Waals surface area contributed by atoms with Gasteiger partial charge in [-0.05, 0) is 174 Å². The number of carbonyl (C=O) groups excluding carboxylic acids is 3. The van der Waals surface area contributed by atoms with Crippen LogP contribution in [0.2, 0.25) is 0 Å². The fraction of sp³-hybridized carbons (Fsp3) is 0.540. The number of fused-ring (bicyclic) bond motifs is 6. The van der Waals surface area contributed by atoms with Crippen molar-refractivity contribution in [3.8, 4) is 0 Å². The zero-order chi connectivity index (χ0) is 47.2. The van der Waals surface area contributed by atoms with Gasteiger partial charge in [0, 0.05) is 51.9 Å². The van der Waals surface area contributed by atoms with Gasteiger partial charge in [-0.15, -0.1) is 0 Å². The van der Waals surface area contributed by atoms with Crippen LogP contribution in [0.5, 0.6) is 0 Å². The van der Waals surface area contributed by atoms with Crippen molar-refractivity contribution in [3.05, 3.63) is 90.4 Å². The summed E-state index contributed by atoms with van der Waals surface area (Å²) >= 11 is 0. The van der Waals surface area contributed by atoms with Crippen molar-refractivity contribution in [1.82, 2.24) is 9.44 Å². The molecule has 2 heterocycles. The van der Waals surface area contributed by atoms with Crippen LogP contribution in [0.15, 0.2) is 31.2 Å². The summed E-state index contributed by atoms with van der Waals surface area (Å²) in [5.41, 5.74) is 9.92. The highest BCUT2D eigenvalue weighted by Crippen LogP contribution is 2.47. The molecule has 0 radical (unpaired) electrons. The molecule has 0 saturated carbocycles. The molecule has 0 bridgehead atoms. The lowest BCUT2D eigenvalue weighted by atomic mass is 9.70. The van der Waals surface area contributed by atoms with E-state index >= 15 is 0 Å². The molecule has 67 heavy (non-hydrogen) atoms. The number of aliphatic hydroxyl groups is 1. The summed E-state index contributed by atoms with van der Waals surface area (Å²) in [7, 11) is -8.82. The van der Waals surface area contributed by atoms with Crippen molar-refractivity contribution in [2.45, 2.75) is 177 Å². The molecule has 0 spiro atoms. The average molecular weight is 957 g/mol. The summed E-state index contributed by atoms with van der Waals surface area (Å²) in [6.45, 7) is 6.98. The van der Waals surface area contributed by atoms with E-state index in [4.69, 9.17) is 13.6 Å². The van der Waals surface area contributed by atoms with Gasteiger partial charge in [0.2, 0.25) is 10.2 Å². The van der Waals surface area contributed by atoms with E-state index < -0.39 is 49.1 Å². The lowest BCUT2D eigenvalue weighted by Gasteiger charge is -2.33. The summed E-state index contributed by atoms with van der Waals surface area (Å²) in [4.78, 5) is 40.5. The number of aryl methyl sites for hydroxylation is 5. The molecule has 3 unspecified atom stereocenters. The number of urea groups is 2. The smallest absolute Gasteiger partial charge is 0.333 e. The monoisotopic (exact) mass is 956 g/mol. The molecule has 5 N–H and O–H groups in total. The van der Waals surface area contributed by atoms with Crippen LogP contribution < -0.4 is 20.1 Å². The molecule has 2 aromatic carbocycles. The van der Waals surface area contributed by atoms with Crippen molar-refractivity contribution in [2.24, 2.45) is 0 Å². The maximum absolute atomic E-state index is 13.8. The number of ether oxygens (including phenoxy) is 1. The van der Waals surface area contributed by atoms with E-state index in [1.165, 1.54) is 11.1 Å². The van der Waals surface area contributed by atoms with E-state index in [2.05, 4.69) is 32.2 Å². The van der Waals surface area contributed by atoms with E-state index in [0.29, 0.717) is 90.8 Å². The van der Waals surface area contributed by atoms with E-state index in [-0.39, 0.29) is 29.1 Å². The van der Waals surface area contributed by atoms with Crippen molar-refractivity contribution < 1.29 is 49.9 Å². The number of hydrogen-bond donors (Lipinski definition) is 5. The first kappa shape index (κ1) is 45.6. The zero-order valence-electron chi connectivity index (χ0n) is 38.7. The second-order valence-corrected chi connectivity index (χ2v) is 23.4. The molecule has 0 saturated heterocycles. The molecule has 358 valence electrons. The van der Waals surface area contributed by atoms with Crippen LogP contribution in [-0.2, 0) is 98.4 Å². The first-order chi connectivity index (χ1) is 31.8. The second-order valence-electron chi connectivity index (χ2n) is 20.3. The molecule has 4 aromatic rings. The number of hydrogen-bond acceptors (Lipinski definition) is 11. The van der Waals surface area contributed by atoms with Crippen LogP contribution in [0.1, 0.15) is 162 Å². The molecule has 0 fully saturated rings. The van der Waals surface area contributed by atoms with Gasteiger partial charge in [-0.3, -0.25) is 4.79 Å². The minimum atomic E-state index is -4.41. The third kappa shape index (κ3) is 8.15. The highest BCUT2D eigenvalue weighted by atomic mass is 32.2. The maximum atomic E-state index is 13.8. The van der Waals surface area contributed by atoms with Crippen LogP contribution in [-0.4, -0.2) is 46.6 Å². The molecule has 6 aliphatic carbocycles. The quantitative estimate of drug-likeness (QED) is 0.0902. The normalized spacial score (nSPS) is 22.6. The van der Waals surface area contributed by atoms with Crippen molar-refractivity contribution in [2.75, 3.05) is 17.2 Å². The Kier molecular flexibility index (Phi) is 11.5. The largest absolute Gasteiger partial charge is 0.466 e. The molecular weight excluding hydrogens is 897 g/mol. The number of amides is 4. The molecule has 0 aliphatic heterocycles.